The lowest BCUT2D eigenvalue weighted by Gasteiger charge is -2.28. The molecule has 8 nitrogen and oxygen atoms in total. The number of amides is 1. The van der Waals surface area contributed by atoms with Crippen LogP contribution in [-0.2, 0) is 11.4 Å². The maximum atomic E-state index is 13.5. The first kappa shape index (κ1) is 23.4. The highest BCUT2D eigenvalue weighted by Crippen LogP contribution is 2.36. The molecule has 0 spiro atoms. The molecule has 0 bridgehead atoms. The van der Waals surface area contributed by atoms with Crippen molar-refractivity contribution < 1.29 is 14.3 Å². The lowest BCUT2D eigenvalue weighted by atomic mass is 9.95. The van der Waals surface area contributed by atoms with Crippen molar-refractivity contribution in [2.75, 3.05) is 17.7 Å². The predicted octanol–water partition coefficient (Wildman–Crippen LogP) is 5.45. The third kappa shape index (κ3) is 4.89. The van der Waals surface area contributed by atoms with Crippen molar-refractivity contribution in [3.8, 4) is 11.5 Å². The second-order valence-electron chi connectivity index (χ2n) is 8.26. The Bertz CT molecular complexity index is 1400. The Labute approximate surface area is 213 Å². The van der Waals surface area contributed by atoms with Crippen LogP contribution < -0.4 is 20.1 Å². The number of methoxy groups -OCH3 is 1. The number of nitrogens with zero attached hydrogens (tertiary/aromatic N) is 3. The van der Waals surface area contributed by atoms with Crippen LogP contribution in [-0.4, -0.2) is 27.8 Å². The Balaban J connectivity index is 1.39. The van der Waals surface area contributed by atoms with Crippen molar-refractivity contribution >= 4 is 29.1 Å². The normalized spacial score (nSPS) is 14.6. The molecule has 0 aliphatic carbocycles. The molecule has 1 aliphatic heterocycles. The van der Waals surface area contributed by atoms with Crippen molar-refractivity contribution in [3.63, 3.8) is 0 Å². The van der Waals surface area contributed by atoms with E-state index in [4.69, 9.17) is 21.1 Å². The third-order valence-electron chi connectivity index (χ3n) is 5.90. The minimum atomic E-state index is -0.465. The summed E-state index contributed by atoms with van der Waals surface area (Å²) in [6.07, 6.45) is 1.47. The first-order valence-electron chi connectivity index (χ1n) is 11.3. The number of ether oxygens (including phenoxy) is 2. The van der Waals surface area contributed by atoms with Gasteiger partial charge in [-0.05, 0) is 66.6 Å². The van der Waals surface area contributed by atoms with Crippen LogP contribution in [0.15, 0.2) is 90.4 Å². The van der Waals surface area contributed by atoms with E-state index in [1.807, 2.05) is 55.5 Å². The van der Waals surface area contributed by atoms with E-state index in [9.17, 15) is 4.79 Å². The highest BCUT2D eigenvalue weighted by atomic mass is 35.5. The van der Waals surface area contributed by atoms with E-state index in [2.05, 4.69) is 20.7 Å². The molecule has 3 aromatic carbocycles. The van der Waals surface area contributed by atoms with Gasteiger partial charge in [0, 0.05) is 16.4 Å². The van der Waals surface area contributed by atoms with Gasteiger partial charge in [0.1, 0.15) is 30.5 Å². The average Bonchev–Trinajstić information content (AvgIpc) is 3.36. The highest BCUT2D eigenvalue weighted by molar-refractivity contribution is 6.30. The van der Waals surface area contributed by atoms with Crippen LogP contribution in [0.5, 0.6) is 11.5 Å². The van der Waals surface area contributed by atoms with Crippen molar-refractivity contribution in [1.29, 1.82) is 0 Å². The van der Waals surface area contributed by atoms with E-state index in [-0.39, 0.29) is 5.91 Å². The summed E-state index contributed by atoms with van der Waals surface area (Å²) in [6.45, 7) is 2.28. The molecule has 1 atom stereocenters. The maximum absolute atomic E-state index is 13.5. The molecule has 5 rings (SSSR count). The summed E-state index contributed by atoms with van der Waals surface area (Å²) < 4.78 is 12.8. The Morgan fingerprint density at radius 2 is 1.72 bits per heavy atom. The molecule has 0 saturated heterocycles. The molecule has 0 unspecified atom stereocenters. The Kier molecular flexibility index (Phi) is 6.60. The number of nitrogens with one attached hydrogen (secondary N) is 2. The topological polar surface area (TPSA) is 90.3 Å². The number of allylic oxidation sites excluding steroid dienone is 1. The summed E-state index contributed by atoms with van der Waals surface area (Å²) >= 11 is 5.96. The van der Waals surface area contributed by atoms with Gasteiger partial charge in [0.05, 0.1) is 12.7 Å². The zero-order valence-electron chi connectivity index (χ0n) is 19.7. The van der Waals surface area contributed by atoms with E-state index in [1.54, 1.807) is 36.1 Å². The number of anilines is 2. The number of rotatable bonds is 7. The summed E-state index contributed by atoms with van der Waals surface area (Å²) in [7, 11) is 1.60. The van der Waals surface area contributed by atoms with Crippen LogP contribution in [0.25, 0.3) is 0 Å². The number of carbonyl (C=O) groups excluding carboxylic acids is 1. The molecular weight excluding hydrogens is 478 g/mol. The maximum Gasteiger partial charge on any atom is 0.255 e. The molecule has 1 aromatic heterocycles. The molecule has 182 valence electrons. The minimum absolute atomic E-state index is 0.237. The Hall–Kier alpha value is -4.30. The van der Waals surface area contributed by atoms with Gasteiger partial charge in [-0.15, -0.1) is 0 Å². The van der Waals surface area contributed by atoms with Gasteiger partial charge in [-0.25, -0.2) is 4.68 Å². The number of benzene rings is 3. The number of halogens is 1. The van der Waals surface area contributed by atoms with Gasteiger partial charge in [-0.1, -0.05) is 35.9 Å². The lowest BCUT2D eigenvalue weighted by molar-refractivity contribution is -0.113. The second-order valence-corrected chi connectivity index (χ2v) is 8.70. The van der Waals surface area contributed by atoms with E-state index < -0.39 is 6.04 Å². The Morgan fingerprint density at radius 3 is 2.42 bits per heavy atom. The number of hydrogen-bond acceptors (Lipinski definition) is 6. The highest BCUT2D eigenvalue weighted by Gasteiger charge is 2.33. The van der Waals surface area contributed by atoms with Crippen molar-refractivity contribution in [1.82, 2.24) is 14.8 Å². The number of carbonyl (C=O) groups is 1. The van der Waals surface area contributed by atoms with E-state index in [0.717, 1.165) is 11.1 Å². The number of hydrogen-bond donors (Lipinski definition) is 2. The third-order valence-corrected chi connectivity index (χ3v) is 6.15. The zero-order valence-corrected chi connectivity index (χ0v) is 20.5. The molecular formula is C27H24ClN5O3. The van der Waals surface area contributed by atoms with Gasteiger partial charge in [0.25, 0.3) is 5.91 Å². The monoisotopic (exact) mass is 501 g/mol. The molecule has 0 fully saturated rings. The zero-order chi connectivity index (χ0) is 25.1. The van der Waals surface area contributed by atoms with Gasteiger partial charge in [0.15, 0.2) is 0 Å². The van der Waals surface area contributed by atoms with Crippen LogP contribution in [0.2, 0.25) is 5.02 Å². The van der Waals surface area contributed by atoms with Gasteiger partial charge in [0.2, 0.25) is 5.95 Å². The Morgan fingerprint density at radius 1 is 1.03 bits per heavy atom. The molecule has 9 heteroatoms. The number of aromatic nitrogens is 3. The second kappa shape index (κ2) is 10.1. The van der Waals surface area contributed by atoms with Gasteiger partial charge in [-0.2, -0.15) is 10.1 Å². The largest absolute Gasteiger partial charge is 0.497 e. The van der Waals surface area contributed by atoms with Crippen LogP contribution in [0.4, 0.5) is 11.6 Å². The minimum Gasteiger partial charge on any atom is -0.497 e. The fourth-order valence-electron chi connectivity index (χ4n) is 4.06. The number of fused-ring (bicyclic) bond motifs is 1. The molecule has 1 aliphatic rings. The van der Waals surface area contributed by atoms with E-state index >= 15 is 0 Å². The summed E-state index contributed by atoms with van der Waals surface area (Å²) in [6, 6.07) is 21.9. The van der Waals surface area contributed by atoms with Crippen molar-refractivity contribution in [2.24, 2.45) is 0 Å². The first-order valence-corrected chi connectivity index (χ1v) is 11.7. The summed E-state index contributed by atoms with van der Waals surface area (Å²) in [5.74, 6) is 1.76. The van der Waals surface area contributed by atoms with Gasteiger partial charge < -0.3 is 20.1 Å². The molecule has 2 N–H and O–H groups in total. The standard InChI is InChI=1S/C27H24ClN5O3/c1-17-24(26(34)32-21-9-13-22(35-2)14-10-21)25(33-27(31-17)29-16-30-33)19-5-11-23(12-6-19)36-15-18-3-7-20(28)8-4-18/h3-14,16,25H,15H2,1-2H3,(H,32,34)(H,29,30,31)/t25-/m0/s1. The molecule has 4 aromatic rings. The molecule has 1 amide bonds. The summed E-state index contributed by atoms with van der Waals surface area (Å²) in [5.41, 5.74) is 3.80. The van der Waals surface area contributed by atoms with Crippen LogP contribution in [0.1, 0.15) is 24.1 Å². The summed E-state index contributed by atoms with van der Waals surface area (Å²) in [5, 5.41) is 11.2. The first-order chi connectivity index (χ1) is 17.5. The summed E-state index contributed by atoms with van der Waals surface area (Å²) in [4.78, 5) is 17.8. The van der Waals surface area contributed by atoms with Crippen LogP contribution in [0.3, 0.4) is 0 Å². The lowest BCUT2D eigenvalue weighted by Crippen LogP contribution is -2.31. The smallest absolute Gasteiger partial charge is 0.255 e. The molecule has 36 heavy (non-hydrogen) atoms. The average molecular weight is 502 g/mol. The molecule has 0 radical (unpaired) electrons. The fourth-order valence-corrected chi connectivity index (χ4v) is 4.19. The van der Waals surface area contributed by atoms with E-state index in [1.165, 1.54) is 6.33 Å². The van der Waals surface area contributed by atoms with E-state index in [0.29, 0.717) is 46.0 Å². The predicted molar refractivity (Wildman–Crippen MR) is 138 cm³/mol. The fraction of sp³-hybridized carbons (Fsp3) is 0.148. The van der Waals surface area contributed by atoms with Crippen LogP contribution in [0, 0.1) is 0 Å². The molecule has 0 saturated carbocycles. The van der Waals surface area contributed by atoms with Crippen molar-refractivity contribution in [3.05, 3.63) is 107 Å². The SMILES string of the molecule is COc1ccc(NC(=O)C2=C(C)Nc3ncnn3[C@H]2c2ccc(OCc3ccc(Cl)cc3)cc2)cc1. The van der Waals surface area contributed by atoms with Gasteiger partial charge >= 0.3 is 0 Å². The van der Waals surface area contributed by atoms with Gasteiger partial charge in [-0.3, -0.25) is 4.79 Å². The molecule has 2 heterocycles. The quantitative estimate of drug-likeness (QED) is 0.350. The van der Waals surface area contributed by atoms with Crippen LogP contribution >= 0.6 is 11.6 Å². The van der Waals surface area contributed by atoms with Crippen molar-refractivity contribution in [2.45, 2.75) is 19.6 Å².